The Balaban J connectivity index is 1.42. The van der Waals surface area contributed by atoms with Crippen LogP contribution in [-0.2, 0) is 0 Å². The molecule has 0 atom stereocenters. The Hall–Kier alpha value is -1.69. The van der Waals surface area contributed by atoms with Gasteiger partial charge in [-0.3, -0.25) is 4.79 Å². The van der Waals surface area contributed by atoms with Crippen molar-refractivity contribution in [3.8, 4) is 0 Å². The van der Waals surface area contributed by atoms with Crippen molar-refractivity contribution in [2.75, 3.05) is 0 Å². The van der Waals surface area contributed by atoms with Gasteiger partial charge in [-0.15, -0.1) is 0 Å². The number of carbonyl (C=O) groups is 1. The SMILES string of the molecule is O=C(NC1CC[Si]2(CCCCC2)CC1)c1cc2c(F)cc(F)cc2[nH]1. The van der Waals surface area contributed by atoms with Crippen LogP contribution in [0.1, 0.15) is 42.6 Å². The highest BCUT2D eigenvalue weighted by molar-refractivity contribution is 6.80. The minimum atomic E-state index is -1.03. The zero-order valence-electron chi connectivity index (χ0n) is 14.3. The van der Waals surface area contributed by atoms with Crippen molar-refractivity contribution in [1.29, 1.82) is 0 Å². The summed E-state index contributed by atoms with van der Waals surface area (Å²) in [7, 11) is -1.03. The van der Waals surface area contributed by atoms with Crippen molar-refractivity contribution >= 4 is 24.9 Å². The summed E-state index contributed by atoms with van der Waals surface area (Å²) < 4.78 is 27.1. The fourth-order valence-corrected chi connectivity index (χ4v) is 10.1. The fourth-order valence-electron chi connectivity index (χ4n) is 4.72. The summed E-state index contributed by atoms with van der Waals surface area (Å²) in [5.74, 6) is -1.51. The highest BCUT2D eigenvalue weighted by atomic mass is 28.3. The number of aromatic amines is 1. The lowest BCUT2D eigenvalue weighted by Crippen LogP contribution is -2.46. The summed E-state index contributed by atoms with van der Waals surface area (Å²) in [5.41, 5.74) is 0.620. The summed E-state index contributed by atoms with van der Waals surface area (Å²) in [6.07, 6.45) is 6.34. The molecule has 2 aliphatic heterocycles. The van der Waals surface area contributed by atoms with Gasteiger partial charge < -0.3 is 10.3 Å². The van der Waals surface area contributed by atoms with Gasteiger partial charge in [-0.2, -0.15) is 0 Å². The predicted octanol–water partition coefficient (Wildman–Crippen LogP) is 4.97. The molecule has 2 aromatic rings. The summed E-state index contributed by atoms with van der Waals surface area (Å²) >= 11 is 0. The first-order chi connectivity index (χ1) is 12.0. The Morgan fingerprint density at radius 1 is 1.04 bits per heavy atom. The zero-order valence-corrected chi connectivity index (χ0v) is 15.3. The maximum Gasteiger partial charge on any atom is 0.267 e. The third kappa shape index (κ3) is 3.36. The van der Waals surface area contributed by atoms with Gasteiger partial charge in [-0.25, -0.2) is 8.78 Å². The van der Waals surface area contributed by atoms with Gasteiger partial charge in [0, 0.05) is 17.5 Å². The van der Waals surface area contributed by atoms with Crippen LogP contribution in [0.5, 0.6) is 0 Å². The van der Waals surface area contributed by atoms with E-state index in [1.165, 1.54) is 55.6 Å². The van der Waals surface area contributed by atoms with Gasteiger partial charge in [-0.05, 0) is 25.0 Å². The number of benzene rings is 1. The lowest BCUT2D eigenvalue weighted by molar-refractivity contribution is 0.0929. The number of rotatable bonds is 2. The quantitative estimate of drug-likeness (QED) is 0.728. The Kier molecular flexibility index (Phi) is 4.39. The van der Waals surface area contributed by atoms with Crippen molar-refractivity contribution in [2.45, 2.75) is 62.3 Å². The highest BCUT2D eigenvalue weighted by Crippen LogP contribution is 2.40. The van der Waals surface area contributed by atoms with Crippen molar-refractivity contribution < 1.29 is 13.6 Å². The monoisotopic (exact) mass is 362 g/mol. The summed E-state index contributed by atoms with van der Waals surface area (Å²) in [4.78, 5) is 15.3. The van der Waals surface area contributed by atoms with Crippen molar-refractivity contribution in [1.82, 2.24) is 10.3 Å². The van der Waals surface area contributed by atoms with E-state index in [0.717, 1.165) is 18.9 Å². The minimum Gasteiger partial charge on any atom is -0.350 e. The molecule has 1 amide bonds. The van der Waals surface area contributed by atoms with E-state index in [0.29, 0.717) is 11.2 Å². The molecule has 1 aromatic heterocycles. The van der Waals surface area contributed by atoms with Crippen LogP contribution < -0.4 is 5.32 Å². The van der Waals surface area contributed by atoms with Gasteiger partial charge in [0.15, 0.2) is 0 Å². The Labute approximate surface area is 147 Å². The first-order valence-corrected chi connectivity index (χ1v) is 12.2. The van der Waals surface area contributed by atoms with E-state index in [1.807, 2.05) is 0 Å². The van der Waals surface area contributed by atoms with Crippen LogP contribution in [0.3, 0.4) is 0 Å². The Bertz CT molecular complexity index is 788. The second-order valence-electron chi connectivity index (χ2n) is 7.84. The summed E-state index contributed by atoms with van der Waals surface area (Å²) in [5, 5.41) is 3.34. The van der Waals surface area contributed by atoms with Crippen LogP contribution in [0.15, 0.2) is 18.2 Å². The highest BCUT2D eigenvalue weighted by Gasteiger charge is 2.38. The van der Waals surface area contributed by atoms with Crippen LogP contribution in [0.4, 0.5) is 8.78 Å². The molecule has 0 bridgehead atoms. The number of aromatic nitrogens is 1. The lowest BCUT2D eigenvalue weighted by atomic mass is 10.1. The molecule has 1 aromatic carbocycles. The number of hydrogen-bond acceptors (Lipinski definition) is 1. The Morgan fingerprint density at radius 3 is 2.48 bits per heavy atom. The topological polar surface area (TPSA) is 44.9 Å². The number of amides is 1. The second-order valence-corrected chi connectivity index (χ2v) is 12.8. The fraction of sp³-hybridized carbons (Fsp3) is 0.526. The average Bonchev–Trinajstić information content (AvgIpc) is 3.02. The Morgan fingerprint density at radius 2 is 1.76 bits per heavy atom. The molecule has 134 valence electrons. The predicted molar refractivity (Wildman–Crippen MR) is 97.5 cm³/mol. The number of carbonyl (C=O) groups excluding carboxylic acids is 1. The van der Waals surface area contributed by atoms with E-state index in [2.05, 4.69) is 10.3 Å². The van der Waals surface area contributed by atoms with E-state index in [9.17, 15) is 13.6 Å². The number of hydrogen-bond donors (Lipinski definition) is 2. The lowest BCUT2D eigenvalue weighted by Gasteiger charge is -2.41. The summed E-state index contributed by atoms with van der Waals surface area (Å²) in [6.45, 7) is 0. The van der Waals surface area contributed by atoms with Crippen LogP contribution in [-0.4, -0.2) is 25.0 Å². The molecular weight excluding hydrogens is 338 g/mol. The van der Waals surface area contributed by atoms with E-state index in [-0.39, 0.29) is 17.3 Å². The van der Waals surface area contributed by atoms with Gasteiger partial charge >= 0.3 is 0 Å². The van der Waals surface area contributed by atoms with Crippen molar-refractivity contribution in [3.05, 3.63) is 35.5 Å². The number of nitrogens with one attached hydrogen (secondary N) is 2. The smallest absolute Gasteiger partial charge is 0.267 e. The van der Waals surface area contributed by atoms with Crippen LogP contribution >= 0.6 is 0 Å². The molecule has 3 nitrogen and oxygen atoms in total. The van der Waals surface area contributed by atoms with Crippen molar-refractivity contribution in [2.24, 2.45) is 0 Å². The molecule has 0 unspecified atom stereocenters. The molecular formula is C19H24F2N2OSi. The van der Waals surface area contributed by atoms with Crippen molar-refractivity contribution in [3.63, 3.8) is 0 Å². The van der Waals surface area contributed by atoms with E-state index < -0.39 is 19.7 Å². The molecule has 2 aliphatic rings. The second kappa shape index (κ2) is 6.55. The molecule has 3 heterocycles. The summed E-state index contributed by atoms with van der Waals surface area (Å²) in [6, 6.07) is 9.33. The molecule has 25 heavy (non-hydrogen) atoms. The molecule has 4 rings (SSSR count). The van der Waals surface area contributed by atoms with E-state index in [4.69, 9.17) is 0 Å². The molecule has 6 heteroatoms. The van der Waals surface area contributed by atoms with Gasteiger partial charge in [0.25, 0.3) is 5.91 Å². The van der Waals surface area contributed by atoms with Gasteiger partial charge in [0.2, 0.25) is 0 Å². The van der Waals surface area contributed by atoms with E-state index >= 15 is 0 Å². The third-order valence-corrected chi connectivity index (χ3v) is 11.7. The number of fused-ring (bicyclic) bond motifs is 1. The number of H-pyrrole nitrogens is 1. The first-order valence-electron chi connectivity index (χ1n) is 9.33. The minimum absolute atomic E-state index is 0.209. The molecule has 0 radical (unpaired) electrons. The van der Waals surface area contributed by atoms with Gasteiger partial charge in [-0.1, -0.05) is 43.4 Å². The maximum absolute atomic E-state index is 13.8. The standard InChI is InChI=1S/C19H24F2N2OSi/c20-13-10-16(21)15-12-18(23-17(15)11-13)19(24)22-14-4-8-25(9-5-14)6-2-1-3-7-25/h10-12,14,23H,1-9H2,(H,22,24). The normalized spacial score (nSPS) is 20.9. The first kappa shape index (κ1) is 16.8. The molecule has 2 saturated heterocycles. The molecule has 0 aliphatic carbocycles. The maximum atomic E-state index is 13.8. The van der Waals surface area contributed by atoms with Crippen LogP contribution in [0.25, 0.3) is 10.9 Å². The molecule has 2 N–H and O–H groups in total. The molecule has 0 saturated carbocycles. The van der Waals surface area contributed by atoms with Gasteiger partial charge in [0.05, 0.1) is 13.6 Å². The van der Waals surface area contributed by atoms with Crippen LogP contribution in [0.2, 0.25) is 24.2 Å². The molecule has 2 fully saturated rings. The van der Waals surface area contributed by atoms with Crippen LogP contribution in [0, 0.1) is 11.6 Å². The van der Waals surface area contributed by atoms with Gasteiger partial charge in [0.1, 0.15) is 17.3 Å². The third-order valence-electron chi connectivity index (χ3n) is 6.19. The number of halogens is 2. The largest absolute Gasteiger partial charge is 0.350 e. The zero-order chi connectivity index (χ0) is 17.4. The molecule has 1 spiro atoms. The van der Waals surface area contributed by atoms with E-state index in [1.54, 1.807) is 0 Å². The average molecular weight is 362 g/mol.